The highest BCUT2D eigenvalue weighted by atomic mass is 19.1. The molecule has 10 nitrogen and oxygen atoms in total. The first-order chi connectivity index (χ1) is 27.1. The highest BCUT2D eigenvalue weighted by molar-refractivity contribution is 5.73. The van der Waals surface area contributed by atoms with Crippen LogP contribution in [0.15, 0.2) is 122 Å². The summed E-state index contributed by atoms with van der Waals surface area (Å²) in [5.74, 6) is -0.649. The average Bonchev–Trinajstić information content (AvgIpc) is 3.82. The van der Waals surface area contributed by atoms with Crippen LogP contribution in [0.25, 0.3) is 0 Å². The van der Waals surface area contributed by atoms with Gasteiger partial charge in [0.15, 0.2) is 0 Å². The van der Waals surface area contributed by atoms with E-state index in [9.17, 15) is 23.5 Å². The van der Waals surface area contributed by atoms with Gasteiger partial charge in [0.05, 0.1) is 24.5 Å². The number of carbonyl (C=O) groups is 2. The van der Waals surface area contributed by atoms with Crippen molar-refractivity contribution in [2.24, 2.45) is 0 Å². The molecule has 2 atom stereocenters. The number of cyclic esters (lactones) is 2. The molecule has 2 unspecified atom stereocenters. The van der Waals surface area contributed by atoms with E-state index in [-0.39, 0.29) is 18.2 Å². The summed E-state index contributed by atoms with van der Waals surface area (Å²) in [4.78, 5) is 25.4. The van der Waals surface area contributed by atoms with Gasteiger partial charge in [-0.3, -0.25) is 10.0 Å². The predicted molar refractivity (Wildman–Crippen MR) is 213 cm³/mol. The fraction of sp³-hybridized carbons (Fsp3) is 0.364. The maximum atomic E-state index is 13.3. The summed E-state index contributed by atoms with van der Waals surface area (Å²) in [6.45, 7) is 6.75. The number of nitrogens with zero attached hydrogens (tertiary/aromatic N) is 4. The number of aliphatic hydroxyl groups is 1. The summed E-state index contributed by atoms with van der Waals surface area (Å²) >= 11 is 0. The van der Waals surface area contributed by atoms with Crippen LogP contribution in [0.4, 0.5) is 29.7 Å². The smallest absolute Gasteiger partial charge is 0.429 e. The summed E-state index contributed by atoms with van der Waals surface area (Å²) in [6, 6.07) is 31.3. The summed E-state index contributed by atoms with van der Waals surface area (Å²) in [6.07, 6.45) is 6.02. The van der Waals surface area contributed by atoms with Gasteiger partial charge in [-0.1, -0.05) is 66.7 Å². The number of halogens is 2. The van der Waals surface area contributed by atoms with Crippen molar-refractivity contribution >= 4 is 23.6 Å². The molecule has 298 valence electrons. The predicted octanol–water partition coefficient (Wildman–Crippen LogP) is 8.97. The first-order valence-corrected chi connectivity index (χ1v) is 19.0. The maximum absolute atomic E-state index is 13.3. The highest BCUT2D eigenvalue weighted by Crippen LogP contribution is 2.40. The van der Waals surface area contributed by atoms with Gasteiger partial charge in [0.25, 0.3) is 0 Å². The molecule has 4 aromatic rings. The number of ether oxygens (including phenoxy) is 3. The maximum Gasteiger partial charge on any atom is 0.429 e. The average molecular weight is 771 g/mol. The molecule has 12 heteroatoms. The van der Waals surface area contributed by atoms with Crippen molar-refractivity contribution in [2.45, 2.75) is 56.1 Å². The molecule has 0 aliphatic carbocycles. The molecule has 3 fully saturated rings. The number of hydrogen-bond acceptors (Lipinski definition) is 8. The zero-order chi connectivity index (χ0) is 40.0. The Balaban J connectivity index is 0.000000190. The number of hydrogen-bond donors (Lipinski definition) is 1. The van der Waals surface area contributed by atoms with Gasteiger partial charge in [-0.15, -0.1) is 6.58 Å². The van der Waals surface area contributed by atoms with E-state index in [4.69, 9.17) is 14.2 Å². The van der Waals surface area contributed by atoms with E-state index in [0.29, 0.717) is 45.2 Å². The quantitative estimate of drug-likeness (QED) is 0.151. The molecule has 56 heavy (non-hydrogen) atoms. The molecule has 4 aromatic carbocycles. The largest absolute Gasteiger partial charge is 0.437 e. The van der Waals surface area contributed by atoms with Crippen molar-refractivity contribution < 1.29 is 37.7 Å². The molecule has 3 saturated heterocycles. The Labute approximate surface area is 328 Å². The molecule has 3 aliphatic rings. The van der Waals surface area contributed by atoms with Crippen molar-refractivity contribution in [3.8, 4) is 0 Å². The molecular weight excluding hydrogens is 719 g/mol. The standard InChI is InChI=1S/C20H23FN2O3.C20H21FN2O2.C4H8O/c1-22(18-6-3-2-4-7-18)23-14-13-20(12-5-15-24,26-19(23)25)16-8-10-17(21)11-9-16;1-3-13-20(16-9-11-17(21)12-10-16)14-15-23(19(24)25-20)22(2)18-7-5-4-6-8-18;1-2-4-5-3-1/h2-4,6-11,24H,5,12-15H2,1H3;3-12H,1,13-15H2,2H3;1-4H2. The number of hydrazine groups is 2. The fourth-order valence-corrected chi connectivity index (χ4v) is 7.01. The van der Waals surface area contributed by atoms with E-state index in [0.717, 1.165) is 35.7 Å². The number of benzene rings is 4. The van der Waals surface area contributed by atoms with E-state index in [1.165, 1.54) is 37.1 Å². The SMILES string of the molecule is C1CCOC1.C=CCC1(c2ccc(F)cc2)CCN(N(C)c2ccccc2)C(=O)O1.CN(c1ccccc1)N1CCC(CCCO)(c2ccc(F)cc2)OC1=O. The first-order valence-electron chi connectivity index (χ1n) is 19.0. The normalized spacial score (nSPS) is 20.4. The van der Waals surface area contributed by atoms with Gasteiger partial charge in [0, 0.05) is 53.2 Å². The van der Waals surface area contributed by atoms with Gasteiger partial charge in [-0.05, 0) is 85.3 Å². The third kappa shape index (κ3) is 10.4. The second-order valence-electron chi connectivity index (χ2n) is 13.8. The van der Waals surface area contributed by atoms with Crippen LogP contribution in [0.5, 0.6) is 0 Å². The molecule has 3 heterocycles. The third-order valence-electron chi connectivity index (χ3n) is 10.2. The zero-order valence-electron chi connectivity index (χ0n) is 32.2. The van der Waals surface area contributed by atoms with Crippen molar-refractivity contribution in [1.29, 1.82) is 0 Å². The van der Waals surface area contributed by atoms with E-state index in [1.807, 2.05) is 74.8 Å². The van der Waals surface area contributed by atoms with Crippen LogP contribution < -0.4 is 10.0 Å². The Hall–Kier alpha value is -5.46. The fourth-order valence-electron chi connectivity index (χ4n) is 7.01. The van der Waals surface area contributed by atoms with E-state index in [2.05, 4.69) is 6.58 Å². The monoisotopic (exact) mass is 770 g/mol. The highest BCUT2D eigenvalue weighted by Gasteiger charge is 2.44. The van der Waals surface area contributed by atoms with Crippen LogP contribution in [-0.2, 0) is 25.4 Å². The van der Waals surface area contributed by atoms with Crippen molar-refractivity contribution in [3.63, 3.8) is 0 Å². The number of rotatable bonds is 11. The minimum atomic E-state index is -0.846. The minimum absolute atomic E-state index is 0.00806. The van der Waals surface area contributed by atoms with Crippen LogP contribution in [-0.4, -0.2) is 74.3 Å². The molecule has 3 aliphatic heterocycles. The first kappa shape index (κ1) is 41.7. The summed E-state index contributed by atoms with van der Waals surface area (Å²) in [5, 5.41) is 15.9. The molecule has 0 saturated carbocycles. The third-order valence-corrected chi connectivity index (χ3v) is 10.2. The van der Waals surface area contributed by atoms with Crippen LogP contribution in [0.1, 0.15) is 56.1 Å². The van der Waals surface area contributed by atoms with Crippen LogP contribution >= 0.6 is 0 Å². The van der Waals surface area contributed by atoms with Gasteiger partial charge >= 0.3 is 12.2 Å². The van der Waals surface area contributed by atoms with Crippen LogP contribution in [0, 0.1) is 11.6 Å². The van der Waals surface area contributed by atoms with E-state index < -0.39 is 23.4 Å². The summed E-state index contributed by atoms with van der Waals surface area (Å²) in [5.41, 5.74) is 1.67. The number of amides is 2. The second-order valence-corrected chi connectivity index (χ2v) is 13.8. The van der Waals surface area contributed by atoms with Crippen molar-refractivity contribution in [2.75, 3.05) is 57.0 Å². The molecule has 1 N–H and O–H groups in total. The molecule has 0 spiro atoms. The lowest BCUT2D eigenvalue weighted by molar-refractivity contribution is -0.0621. The zero-order valence-corrected chi connectivity index (χ0v) is 32.2. The molecule has 0 aromatic heterocycles. The Bertz CT molecular complexity index is 1820. The van der Waals surface area contributed by atoms with Crippen molar-refractivity contribution in [3.05, 3.63) is 145 Å². The number of anilines is 2. The van der Waals surface area contributed by atoms with Gasteiger partial charge < -0.3 is 19.3 Å². The van der Waals surface area contributed by atoms with Gasteiger partial charge in [0.2, 0.25) is 0 Å². The van der Waals surface area contributed by atoms with Crippen LogP contribution in [0.2, 0.25) is 0 Å². The molecule has 0 radical (unpaired) electrons. The molecule has 7 rings (SSSR count). The van der Waals surface area contributed by atoms with Crippen molar-refractivity contribution in [1.82, 2.24) is 10.0 Å². The summed E-state index contributed by atoms with van der Waals surface area (Å²) < 4.78 is 43.2. The Morgan fingerprint density at radius 1 is 0.696 bits per heavy atom. The lowest BCUT2D eigenvalue weighted by atomic mass is 9.85. The van der Waals surface area contributed by atoms with Gasteiger partial charge in [0.1, 0.15) is 22.8 Å². The number of aliphatic hydroxyl groups excluding tert-OH is 1. The summed E-state index contributed by atoms with van der Waals surface area (Å²) in [7, 11) is 3.64. The second kappa shape index (κ2) is 19.9. The number of carbonyl (C=O) groups excluding carboxylic acids is 2. The Kier molecular flexibility index (Phi) is 14.8. The molecule has 0 bridgehead atoms. The lowest BCUT2D eigenvalue weighted by Crippen LogP contribution is -2.54. The van der Waals surface area contributed by atoms with Crippen LogP contribution in [0.3, 0.4) is 0 Å². The molecular formula is C44H52F2N4O6. The van der Waals surface area contributed by atoms with Gasteiger partial charge in [-0.25, -0.2) is 28.4 Å². The molecule has 2 amide bonds. The number of para-hydroxylation sites is 2. The lowest BCUT2D eigenvalue weighted by Gasteiger charge is -2.44. The van der Waals surface area contributed by atoms with E-state index in [1.54, 1.807) is 50.4 Å². The Morgan fingerprint density at radius 3 is 1.52 bits per heavy atom. The Morgan fingerprint density at radius 2 is 1.12 bits per heavy atom. The van der Waals surface area contributed by atoms with E-state index >= 15 is 0 Å². The topological polar surface area (TPSA) is 95.0 Å². The minimum Gasteiger partial charge on any atom is -0.437 e. The van der Waals surface area contributed by atoms with Gasteiger partial charge in [-0.2, -0.15) is 0 Å².